The second kappa shape index (κ2) is 8.77. The number of carbonyl (C=O) groups is 1. The molecule has 0 aliphatic carbocycles. The largest absolute Gasteiger partial charge is 0.457 e. The van der Waals surface area contributed by atoms with Gasteiger partial charge in [-0.05, 0) is 55.3 Å². The number of halogens is 1. The van der Waals surface area contributed by atoms with E-state index in [0.29, 0.717) is 40.6 Å². The highest BCUT2D eigenvalue weighted by atomic mass is 32.2. The normalized spacial score (nSPS) is 16.1. The zero-order valence-electron chi connectivity index (χ0n) is 19.2. The lowest BCUT2D eigenvalue weighted by atomic mass is 10.0. The summed E-state index contributed by atoms with van der Waals surface area (Å²) in [5, 5.41) is 0. The monoisotopic (exact) mass is 494 g/mol. The Morgan fingerprint density at radius 3 is 2.60 bits per heavy atom. The summed E-state index contributed by atoms with van der Waals surface area (Å²) in [7, 11) is -3.33. The molecule has 10 heteroatoms. The molecule has 0 bridgehead atoms. The van der Waals surface area contributed by atoms with E-state index in [1.165, 1.54) is 18.2 Å². The van der Waals surface area contributed by atoms with E-state index in [4.69, 9.17) is 4.74 Å². The third-order valence-corrected chi connectivity index (χ3v) is 7.20. The minimum atomic E-state index is -3.33. The number of H-pyrrole nitrogens is 1. The van der Waals surface area contributed by atoms with Gasteiger partial charge in [-0.3, -0.25) is 4.79 Å². The van der Waals surface area contributed by atoms with Crippen molar-refractivity contribution in [2.75, 3.05) is 12.8 Å². The fraction of sp³-hybridized carbons (Fsp3) is 0.240. The van der Waals surface area contributed by atoms with Gasteiger partial charge in [-0.1, -0.05) is 6.07 Å². The average Bonchev–Trinajstić information content (AvgIpc) is 3.45. The Bertz CT molecular complexity index is 1530. The highest BCUT2D eigenvalue weighted by molar-refractivity contribution is 7.90. The summed E-state index contributed by atoms with van der Waals surface area (Å²) in [4.78, 5) is 25.9. The molecule has 2 aromatic heterocycles. The standard InChI is InChI=1S/C25H23FN4O4S/c1-15(31)30-12-4-6-22(30)18-13-20-21(29-25(28-20)19-5-3-7-24(26)27-19)14-23(18)34-16-8-10-17(11-9-16)35(2,32)33/h3,5,7-11,13-14,22H,4,6,12H2,1-2H3,(H,28,29). The van der Waals surface area contributed by atoms with E-state index in [1.54, 1.807) is 37.3 Å². The van der Waals surface area contributed by atoms with Crippen LogP contribution in [0.5, 0.6) is 11.5 Å². The molecule has 3 heterocycles. The van der Waals surface area contributed by atoms with E-state index in [1.807, 2.05) is 11.0 Å². The van der Waals surface area contributed by atoms with Crippen molar-refractivity contribution in [3.8, 4) is 23.0 Å². The zero-order valence-corrected chi connectivity index (χ0v) is 20.0. The van der Waals surface area contributed by atoms with Crippen molar-refractivity contribution in [2.24, 2.45) is 0 Å². The fourth-order valence-corrected chi connectivity index (χ4v) is 5.04. The third-order valence-electron chi connectivity index (χ3n) is 6.07. The molecule has 1 aliphatic rings. The molecule has 1 N–H and O–H groups in total. The zero-order chi connectivity index (χ0) is 24.7. The van der Waals surface area contributed by atoms with Crippen LogP contribution < -0.4 is 4.74 Å². The van der Waals surface area contributed by atoms with Crippen molar-refractivity contribution in [3.63, 3.8) is 0 Å². The molecule has 4 aromatic rings. The summed E-state index contributed by atoms with van der Waals surface area (Å²) in [6.07, 6.45) is 2.79. The lowest BCUT2D eigenvalue weighted by Crippen LogP contribution is -2.28. The van der Waals surface area contributed by atoms with Gasteiger partial charge in [0.15, 0.2) is 15.7 Å². The van der Waals surface area contributed by atoms with E-state index < -0.39 is 15.8 Å². The van der Waals surface area contributed by atoms with Crippen LogP contribution in [0, 0.1) is 5.95 Å². The predicted molar refractivity (Wildman–Crippen MR) is 128 cm³/mol. The number of nitrogens with one attached hydrogen (secondary N) is 1. The van der Waals surface area contributed by atoms with Crippen LogP contribution >= 0.6 is 0 Å². The number of ether oxygens (including phenoxy) is 1. The van der Waals surface area contributed by atoms with E-state index in [9.17, 15) is 17.6 Å². The van der Waals surface area contributed by atoms with Gasteiger partial charge < -0.3 is 14.6 Å². The Kier molecular flexibility index (Phi) is 5.76. The molecule has 0 saturated carbocycles. The molecule has 1 aliphatic heterocycles. The number of fused-ring (bicyclic) bond motifs is 1. The van der Waals surface area contributed by atoms with E-state index in [-0.39, 0.29) is 16.8 Å². The molecule has 180 valence electrons. The first-order chi connectivity index (χ1) is 16.7. The van der Waals surface area contributed by atoms with Gasteiger partial charge in [-0.25, -0.2) is 18.4 Å². The van der Waals surface area contributed by atoms with Crippen LogP contribution in [-0.4, -0.2) is 47.0 Å². The SMILES string of the molecule is CC(=O)N1CCCC1c1cc2[nH]c(-c3cccc(F)n3)nc2cc1Oc1ccc(S(C)(=O)=O)cc1. The molecule has 8 nitrogen and oxygen atoms in total. The molecule has 5 rings (SSSR count). The van der Waals surface area contributed by atoms with Crippen molar-refractivity contribution in [1.82, 2.24) is 19.9 Å². The summed E-state index contributed by atoms with van der Waals surface area (Å²) in [6, 6.07) is 14.1. The number of imidazole rings is 1. The Morgan fingerprint density at radius 2 is 1.91 bits per heavy atom. The van der Waals surface area contributed by atoms with Gasteiger partial charge >= 0.3 is 0 Å². The Hall–Kier alpha value is -3.79. The molecular formula is C25H23FN4O4S. The molecular weight excluding hydrogens is 471 g/mol. The number of hydrogen-bond donors (Lipinski definition) is 1. The number of aromatic amines is 1. The highest BCUT2D eigenvalue weighted by Gasteiger charge is 2.31. The number of likely N-dealkylation sites (tertiary alicyclic amines) is 1. The quantitative estimate of drug-likeness (QED) is 0.405. The number of aromatic nitrogens is 3. The number of hydrogen-bond acceptors (Lipinski definition) is 6. The van der Waals surface area contributed by atoms with Gasteiger partial charge in [-0.2, -0.15) is 4.39 Å². The van der Waals surface area contributed by atoms with Crippen LogP contribution in [0.25, 0.3) is 22.6 Å². The van der Waals surface area contributed by atoms with Crippen molar-refractivity contribution in [2.45, 2.75) is 30.7 Å². The third kappa shape index (κ3) is 4.61. The molecule has 2 aromatic carbocycles. The van der Waals surface area contributed by atoms with Crippen LogP contribution in [0.3, 0.4) is 0 Å². The maximum Gasteiger partial charge on any atom is 0.219 e. The van der Waals surface area contributed by atoms with Gasteiger partial charge in [0.1, 0.15) is 17.2 Å². The molecule has 1 fully saturated rings. The van der Waals surface area contributed by atoms with Gasteiger partial charge in [0, 0.05) is 31.4 Å². The minimum absolute atomic E-state index is 0.0229. The summed E-state index contributed by atoms with van der Waals surface area (Å²) < 4.78 is 43.5. The molecule has 1 atom stereocenters. The number of benzene rings is 2. The number of carbonyl (C=O) groups excluding carboxylic acids is 1. The first-order valence-electron chi connectivity index (χ1n) is 11.1. The fourth-order valence-electron chi connectivity index (χ4n) is 4.41. The predicted octanol–water partition coefficient (Wildman–Crippen LogP) is 4.64. The molecule has 1 unspecified atom stereocenters. The van der Waals surface area contributed by atoms with Crippen molar-refractivity contribution < 1.29 is 22.3 Å². The maximum absolute atomic E-state index is 13.7. The van der Waals surface area contributed by atoms with Crippen LogP contribution in [0.15, 0.2) is 59.5 Å². The molecule has 1 amide bonds. The van der Waals surface area contributed by atoms with E-state index in [2.05, 4.69) is 15.0 Å². The summed E-state index contributed by atoms with van der Waals surface area (Å²) >= 11 is 0. The van der Waals surface area contributed by atoms with E-state index in [0.717, 1.165) is 24.7 Å². The average molecular weight is 495 g/mol. The molecule has 0 spiro atoms. The number of pyridine rings is 1. The van der Waals surface area contributed by atoms with Crippen LogP contribution in [-0.2, 0) is 14.6 Å². The summed E-state index contributed by atoms with van der Waals surface area (Å²) in [6.45, 7) is 2.20. The van der Waals surface area contributed by atoms with Gasteiger partial charge in [-0.15, -0.1) is 0 Å². The lowest BCUT2D eigenvalue weighted by molar-refractivity contribution is -0.129. The van der Waals surface area contributed by atoms with Gasteiger partial charge in [0.2, 0.25) is 11.9 Å². The summed E-state index contributed by atoms with van der Waals surface area (Å²) in [5.41, 5.74) is 2.47. The maximum atomic E-state index is 13.7. The first-order valence-corrected chi connectivity index (χ1v) is 13.0. The van der Waals surface area contributed by atoms with Gasteiger partial charge in [0.25, 0.3) is 0 Å². The number of amides is 1. The number of rotatable bonds is 5. The molecule has 1 saturated heterocycles. The molecule has 0 radical (unpaired) electrons. The van der Waals surface area contributed by atoms with Crippen molar-refractivity contribution in [3.05, 3.63) is 66.1 Å². The van der Waals surface area contributed by atoms with Crippen molar-refractivity contribution in [1.29, 1.82) is 0 Å². The van der Waals surface area contributed by atoms with Gasteiger partial charge in [0.05, 0.1) is 22.0 Å². The number of nitrogens with zero attached hydrogens (tertiary/aromatic N) is 3. The smallest absolute Gasteiger partial charge is 0.219 e. The second-order valence-electron chi connectivity index (χ2n) is 8.55. The van der Waals surface area contributed by atoms with Crippen LogP contribution in [0.1, 0.15) is 31.4 Å². The summed E-state index contributed by atoms with van der Waals surface area (Å²) in [5.74, 6) is 0.745. The topological polar surface area (TPSA) is 105 Å². The Morgan fingerprint density at radius 1 is 1.14 bits per heavy atom. The van der Waals surface area contributed by atoms with E-state index >= 15 is 0 Å². The Balaban J connectivity index is 1.60. The molecule has 35 heavy (non-hydrogen) atoms. The number of sulfone groups is 1. The highest BCUT2D eigenvalue weighted by Crippen LogP contribution is 2.41. The van der Waals surface area contributed by atoms with Crippen LogP contribution in [0.4, 0.5) is 4.39 Å². The Labute approximate surface area is 201 Å². The second-order valence-corrected chi connectivity index (χ2v) is 10.6. The minimum Gasteiger partial charge on any atom is -0.457 e. The van der Waals surface area contributed by atoms with Crippen LogP contribution in [0.2, 0.25) is 0 Å². The van der Waals surface area contributed by atoms with Crippen molar-refractivity contribution >= 4 is 26.8 Å². The lowest BCUT2D eigenvalue weighted by Gasteiger charge is -2.25. The first kappa shape index (κ1) is 23.0.